The number of aromatic nitrogens is 1. The first kappa shape index (κ1) is 22.9. The van der Waals surface area contributed by atoms with Crippen molar-refractivity contribution in [2.45, 2.75) is 63.7 Å². The first-order chi connectivity index (χ1) is 17.8. The second-order valence-corrected chi connectivity index (χ2v) is 10.1. The number of hydrogen-bond donors (Lipinski definition) is 0. The van der Waals surface area contributed by atoms with Crippen molar-refractivity contribution >= 4 is 5.71 Å². The van der Waals surface area contributed by atoms with Gasteiger partial charge in [-0.1, -0.05) is 90.1 Å². The maximum atomic E-state index is 6.52. The highest BCUT2D eigenvalue weighted by Gasteiger charge is 2.34. The number of nitrogens with zero attached hydrogens (tertiary/aromatic N) is 2. The molecule has 0 saturated heterocycles. The quantitative estimate of drug-likeness (QED) is 0.247. The molecule has 1 aromatic heterocycles. The lowest BCUT2D eigenvalue weighted by Gasteiger charge is -2.14. The summed E-state index contributed by atoms with van der Waals surface area (Å²) in [5, 5.41) is 4.50. The summed E-state index contributed by atoms with van der Waals surface area (Å²) in [4.78, 5) is 5.25. The third kappa shape index (κ3) is 4.91. The second-order valence-electron chi connectivity index (χ2n) is 10.1. The van der Waals surface area contributed by atoms with Gasteiger partial charge in [0, 0.05) is 28.2 Å². The van der Waals surface area contributed by atoms with Gasteiger partial charge in [0.1, 0.15) is 11.5 Å². The van der Waals surface area contributed by atoms with Crippen molar-refractivity contribution in [2.75, 3.05) is 0 Å². The van der Waals surface area contributed by atoms with Gasteiger partial charge in [-0.05, 0) is 44.6 Å². The molecule has 2 fully saturated rings. The van der Waals surface area contributed by atoms with Gasteiger partial charge in [-0.2, -0.15) is 0 Å². The Morgan fingerprint density at radius 1 is 0.861 bits per heavy atom. The molecule has 182 valence electrons. The van der Waals surface area contributed by atoms with E-state index in [1.165, 1.54) is 18.4 Å². The van der Waals surface area contributed by atoms with Crippen LogP contribution in [0.4, 0.5) is 0 Å². The van der Waals surface area contributed by atoms with Gasteiger partial charge in [-0.15, -0.1) is 0 Å². The van der Waals surface area contributed by atoms with E-state index in [2.05, 4.69) is 97.0 Å². The van der Waals surface area contributed by atoms with Gasteiger partial charge >= 0.3 is 0 Å². The molecule has 2 aliphatic rings. The molecule has 0 N–H and O–H groups in total. The SMILES string of the molecule is Cc1ccccc1-c1noc(C2CC2)c1COC1CC[C@@H](N=C(c2ccccc2)c2ccccc2)C1. The van der Waals surface area contributed by atoms with E-state index in [0.29, 0.717) is 12.5 Å². The highest BCUT2D eigenvalue weighted by molar-refractivity contribution is 6.12. The van der Waals surface area contributed by atoms with Gasteiger partial charge in [-0.3, -0.25) is 4.99 Å². The summed E-state index contributed by atoms with van der Waals surface area (Å²) in [6.07, 6.45) is 5.55. The third-order valence-electron chi connectivity index (χ3n) is 7.39. The van der Waals surface area contributed by atoms with Gasteiger partial charge < -0.3 is 9.26 Å². The Bertz CT molecular complexity index is 1300. The van der Waals surface area contributed by atoms with E-state index in [4.69, 9.17) is 14.3 Å². The molecule has 1 unspecified atom stereocenters. The van der Waals surface area contributed by atoms with E-state index in [9.17, 15) is 0 Å². The topological polar surface area (TPSA) is 47.6 Å². The molecule has 0 bridgehead atoms. The lowest BCUT2D eigenvalue weighted by atomic mass is 10.0. The summed E-state index contributed by atoms with van der Waals surface area (Å²) >= 11 is 0. The van der Waals surface area contributed by atoms with Crippen LogP contribution in [0.3, 0.4) is 0 Å². The van der Waals surface area contributed by atoms with E-state index < -0.39 is 0 Å². The second kappa shape index (κ2) is 10.2. The maximum absolute atomic E-state index is 6.52. The number of aliphatic imine (C=N–C) groups is 1. The van der Waals surface area contributed by atoms with Crippen LogP contribution in [0.5, 0.6) is 0 Å². The molecule has 0 amide bonds. The summed E-state index contributed by atoms with van der Waals surface area (Å²) in [5.74, 6) is 1.52. The molecule has 2 aliphatic carbocycles. The number of hydrogen-bond acceptors (Lipinski definition) is 4. The van der Waals surface area contributed by atoms with Crippen LogP contribution in [-0.4, -0.2) is 23.0 Å². The van der Waals surface area contributed by atoms with Crippen molar-refractivity contribution in [3.63, 3.8) is 0 Å². The molecule has 0 spiro atoms. The average molecular weight is 477 g/mol. The summed E-state index contributed by atoms with van der Waals surface area (Å²) in [5.41, 5.74) is 7.81. The zero-order valence-corrected chi connectivity index (χ0v) is 20.8. The van der Waals surface area contributed by atoms with E-state index in [1.807, 2.05) is 0 Å². The molecule has 3 aromatic carbocycles. The Morgan fingerprint density at radius 3 is 2.19 bits per heavy atom. The van der Waals surface area contributed by atoms with Crippen molar-refractivity contribution in [3.8, 4) is 11.3 Å². The number of rotatable bonds is 8. The summed E-state index contributed by atoms with van der Waals surface area (Å²) in [6.45, 7) is 2.67. The van der Waals surface area contributed by atoms with Crippen LogP contribution in [0.2, 0.25) is 0 Å². The first-order valence-electron chi connectivity index (χ1n) is 13.1. The smallest absolute Gasteiger partial charge is 0.145 e. The molecule has 2 saturated carbocycles. The zero-order valence-electron chi connectivity index (χ0n) is 20.8. The molecule has 0 radical (unpaired) electrons. The van der Waals surface area contributed by atoms with Gasteiger partial charge in [0.2, 0.25) is 0 Å². The van der Waals surface area contributed by atoms with Gasteiger partial charge in [-0.25, -0.2) is 0 Å². The molecule has 4 nitrogen and oxygen atoms in total. The molecule has 36 heavy (non-hydrogen) atoms. The van der Waals surface area contributed by atoms with Crippen LogP contribution in [0.25, 0.3) is 11.3 Å². The van der Waals surface area contributed by atoms with Crippen LogP contribution >= 0.6 is 0 Å². The Hall–Kier alpha value is -3.50. The van der Waals surface area contributed by atoms with Crippen LogP contribution in [0.1, 0.15) is 66.0 Å². The normalized spacial score (nSPS) is 19.4. The molecule has 4 aromatic rings. The fourth-order valence-electron chi connectivity index (χ4n) is 5.26. The van der Waals surface area contributed by atoms with Crippen LogP contribution in [0.15, 0.2) is 94.4 Å². The zero-order chi connectivity index (χ0) is 24.3. The highest BCUT2D eigenvalue weighted by atomic mass is 16.5. The molecular formula is C32H32N2O2. The van der Waals surface area contributed by atoms with Crippen molar-refractivity contribution in [2.24, 2.45) is 4.99 Å². The molecular weight excluding hydrogens is 444 g/mol. The summed E-state index contributed by atoms with van der Waals surface area (Å²) < 4.78 is 12.4. The van der Waals surface area contributed by atoms with Gasteiger partial charge in [0.05, 0.1) is 24.5 Å². The standard InChI is InChI=1S/C32H32N2O2/c1-22-10-8-9-15-28(22)31-29(32(36-34-31)25-16-17-25)21-35-27-19-18-26(20-27)33-30(23-11-4-2-5-12-23)24-13-6-3-7-14-24/h2-15,25-27H,16-21H2,1H3/t26-,27?/m1/s1. The Morgan fingerprint density at radius 2 is 1.53 bits per heavy atom. The minimum Gasteiger partial charge on any atom is -0.373 e. The number of aryl methyl sites for hydroxylation is 1. The Balaban J connectivity index is 1.19. The lowest BCUT2D eigenvalue weighted by Crippen LogP contribution is -2.13. The van der Waals surface area contributed by atoms with Crippen molar-refractivity contribution in [1.29, 1.82) is 0 Å². The van der Waals surface area contributed by atoms with Gasteiger partial charge in [0.25, 0.3) is 0 Å². The summed E-state index contributed by atoms with van der Waals surface area (Å²) in [6, 6.07) is 29.7. The van der Waals surface area contributed by atoms with Crippen LogP contribution in [0, 0.1) is 6.92 Å². The Kier molecular flexibility index (Phi) is 6.52. The number of ether oxygens (including phenoxy) is 1. The monoisotopic (exact) mass is 476 g/mol. The summed E-state index contributed by atoms with van der Waals surface area (Å²) in [7, 11) is 0. The van der Waals surface area contributed by atoms with Crippen LogP contribution < -0.4 is 0 Å². The van der Waals surface area contributed by atoms with Gasteiger partial charge in [0.15, 0.2) is 0 Å². The minimum atomic E-state index is 0.193. The minimum absolute atomic E-state index is 0.193. The largest absolute Gasteiger partial charge is 0.373 e. The molecule has 6 rings (SSSR count). The predicted molar refractivity (Wildman–Crippen MR) is 143 cm³/mol. The predicted octanol–water partition coefficient (Wildman–Crippen LogP) is 7.50. The molecule has 1 heterocycles. The maximum Gasteiger partial charge on any atom is 0.145 e. The van der Waals surface area contributed by atoms with E-state index in [-0.39, 0.29) is 12.1 Å². The van der Waals surface area contributed by atoms with Crippen LogP contribution in [-0.2, 0) is 11.3 Å². The molecule has 4 heteroatoms. The fraction of sp³-hybridized carbons (Fsp3) is 0.312. The highest BCUT2D eigenvalue weighted by Crippen LogP contribution is 2.44. The van der Waals surface area contributed by atoms with Crippen molar-refractivity contribution < 1.29 is 9.26 Å². The Labute approximate surface area is 213 Å². The average Bonchev–Trinajstić information content (AvgIpc) is 3.52. The molecule has 2 atom stereocenters. The van der Waals surface area contributed by atoms with Crippen molar-refractivity contribution in [1.82, 2.24) is 5.16 Å². The first-order valence-corrected chi connectivity index (χ1v) is 13.1. The molecule has 0 aliphatic heterocycles. The van der Waals surface area contributed by atoms with E-state index in [0.717, 1.165) is 58.7 Å². The lowest BCUT2D eigenvalue weighted by molar-refractivity contribution is 0.0443. The fourth-order valence-corrected chi connectivity index (χ4v) is 5.26. The third-order valence-corrected chi connectivity index (χ3v) is 7.39. The van der Waals surface area contributed by atoms with E-state index in [1.54, 1.807) is 0 Å². The van der Waals surface area contributed by atoms with E-state index >= 15 is 0 Å². The van der Waals surface area contributed by atoms with Crippen molar-refractivity contribution in [3.05, 3.63) is 113 Å². The number of benzene rings is 3.